The first kappa shape index (κ1) is 15.5. The van der Waals surface area contributed by atoms with Crippen LogP contribution in [0.15, 0.2) is 47.4 Å². The quantitative estimate of drug-likeness (QED) is 0.920. The largest absolute Gasteiger partial charge is 0.378 e. The normalized spacial score (nSPS) is 11.6. The molecular weight excluding hydrogens is 286 g/mol. The number of hydrogen-bond acceptors (Lipinski definition) is 4. The van der Waals surface area contributed by atoms with Gasteiger partial charge in [0.05, 0.1) is 17.9 Å². The second-order valence-corrected chi connectivity index (χ2v) is 7.03. The number of benzene rings is 1. The van der Waals surface area contributed by atoms with Gasteiger partial charge < -0.3 is 5.32 Å². The van der Waals surface area contributed by atoms with Crippen molar-refractivity contribution < 1.29 is 8.42 Å². The molecule has 5 nitrogen and oxygen atoms in total. The molecule has 0 saturated carbocycles. The number of pyridine rings is 1. The molecule has 21 heavy (non-hydrogen) atoms. The Morgan fingerprint density at radius 2 is 1.81 bits per heavy atom. The summed E-state index contributed by atoms with van der Waals surface area (Å²) in [5.41, 5.74) is 2.38. The fraction of sp³-hybridized carbons (Fsp3) is 0.267. The third-order valence-electron chi connectivity index (χ3n) is 3.05. The minimum Gasteiger partial charge on any atom is -0.378 e. The Bertz CT molecular complexity index is 727. The summed E-state index contributed by atoms with van der Waals surface area (Å²) in [6.07, 6.45) is 0. The van der Waals surface area contributed by atoms with E-state index >= 15 is 0 Å². The zero-order valence-corrected chi connectivity index (χ0v) is 13.2. The minimum atomic E-state index is -3.47. The molecule has 0 radical (unpaired) electrons. The summed E-state index contributed by atoms with van der Waals surface area (Å²) in [5.74, 6) is 0. The highest BCUT2D eigenvalue weighted by Gasteiger charge is 2.20. The van der Waals surface area contributed by atoms with E-state index in [-0.39, 0.29) is 4.90 Å². The molecule has 0 bridgehead atoms. The fourth-order valence-corrected chi connectivity index (χ4v) is 2.98. The maximum absolute atomic E-state index is 12.3. The van der Waals surface area contributed by atoms with Crippen LogP contribution < -0.4 is 5.32 Å². The van der Waals surface area contributed by atoms with Gasteiger partial charge in [0.15, 0.2) is 0 Å². The van der Waals surface area contributed by atoms with Crippen LogP contribution in [0.3, 0.4) is 0 Å². The first-order valence-corrected chi connectivity index (χ1v) is 8.03. The van der Waals surface area contributed by atoms with Crippen LogP contribution in [0.5, 0.6) is 0 Å². The van der Waals surface area contributed by atoms with Gasteiger partial charge in [0.25, 0.3) is 0 Å². The molecule has 6 heteroatoms. The van der Waals surface area contributed by atoms with E-state index in [1.54, 1.807) is 24.3 Å². The molecule has 1 aromatic carbocycles. The van der Waals surface area contributed by atoms with Gasteiger partial charge >= 0.3 is 0 Å². The van der Waals surface area contributed by atoms with Crippen LogP contribution in [0.2, 0.25) is 0 Å². The second-order valence-electron chi connectivity index (χ2n) is 4.91. The highest BCUT2D eigenvalue weighted by Crippen LogP contribution is 2.23. The maximum Gasteiger partial charge on any atom is 0.244 e. The molecule has 0 fully saturated rings. The van der Waals surface area contributed by atoms with Crippen LogP contribution in [-0.2, 0) is 16.6 Å². The fourth-order valence-electron chi connectivity index (χ4n) is 1.92. The Morgan fingerprint density at radius 3 is 2.48 bits per heavy atom. The van der Waals surface area contributed by atoms with Crippen LogP contribution in [0.25, 0.3) is 0 Å². The number of aryl methyl sites for hydroxylation is 1. The topological polar surface area (TPSA) is 62.3 Å². The molecule has 0 aliphatic rings. The maximum atomic E-state index is 12.3. The Kier molecular flexibility index (Phi) is 4.59. The number of para-hydroxylation sites is 1. The van der Waals surface area contributed by atoms with Crippen molar-refractivity contribution in [2.45, 2.75) is 18.4 Å². The summed E-state index contributed by atoms with van der Waals surface area (Å²) < 4.78 is 25.8. The van der Waals surface area contributed by atoms with E-state index in [9.17, 15) is 8.42 Å². The van der Waals surface area contributed by atoms with Gasteiger partial charge in [-0.1, -0.05) is 18.2 Å². The van der Waals surface area contributed by atoms with Crippen molar-refractivity contribution in [3.63, 3.8) is 0 Å². The van der Waals surface area contributed by atoms with E-state index in [2.05, 4.69) is 10.3 Å². The lowest BCUT2D eigenvalue weighted by molar-refractivity contribution is 0.521. The average Bonchev–Trinajstić information content (AvgIpc) is 2.45. The van der Waals surface area contributed by atoms with Gasteiger partial charge in [0.2, 0.25) is 10.0 Å². The number of nitrogens with one attached hydrogen (secondary N) is 1. The first-order chi connectivity index (χ1) is 9.91. The monoisotopic (exact) mass is 305 g/mol. The van der Waals surface area contributed by atoms with Crippen molar-refractivity contribution in [2.24, 2.45) is 0 Å². The Balaban J connectivity index is 2.26. The van der Waals surface area contributed by atoms with Crippen LogP contribution >= 0.6 is 0 Å². The van der Waals surface area contributed by atoms with Crippen molar-refractivity contribution >= 4 is 15.7 Å². The number of rotatable bonds is 5. The van der Waals surface area contributed by atoms with Gasteiger partial charge in [0.1, 0.15) is 4.90 Å². The molecule has 0 atom stereocenters. The highest BCUT2D eigenvalue weighted by atomic mass is 32.2. The molecule has 2 rings (SSSR count). The van der Waals surface area contributed by atoms with E-state index in [4.69, 9.17) is 0 Å². The summed E-state index contributed by atoms with van der Waals surface area (Å²) in [6.45, 7) is 2.40. The highest BCUT2D eigenvalue weighted by molar-refractivity contribution is 7.89. The SMILES string of the molecule is Cc1cccc(CNc2ccccc2S(=O)(=O)N(C)C)n1. The molecule has 0 aliphatic heterocycles. The number of sulfonamides is 1. The zero-order chi connectivity index (χ0) is 15.5. The van der Waals surface area contributed by atoms with Crippen molar-refractivity contribution in [3.05, 3.63) is 53.9 Å². The molecule has 1 N–H and O–H groups in total. The lowest BCUT2D eigenvalue weighted by atomic mass is 10.3. The standard InChI is InChI=1S/C15H19N3O2S/c1-12-7-6-8-13(17-12)11-16-14-9-4-5-10-15(14)21(19,20)18(2)3/h4-10,16H,11H2,1-3H3. The van der Waals surface area contributed by atoms with Crippen molar-refractivity contribution in [2.75, 3.05) is 19.4 Å². The number of aromatic nitrogens is 1. The summed E-state index contributed by atoms with van der Waals surface area (Å²) in [4.78, 5) is 4.66. The van der Waals surface area contributed by atoms with E-state index in [0.717, 1.165) is 11.4 Å². The van der Waals surface area contributed by atoms with Gasteiger partial charge in [-0.2, -0.15) is 0 Å². The van der Waals surface area contributed by atoms with E-state index < -0.39 is 10.0 Å². The van der Waals surface area contributed by atoms with Crippen molar-refractivity contribution in [3.8, 4) is 0 Å². The molecule has 0 unspecified atom stereocenters. The van der Waals surface area contributed by atoms with Crippen molar-refractivity contribution in [1.29, 1.82) is 0 Å². The van der Waals surface area contributed by atoms with Crippen LogP contribution in [0.1, 0.15) is 11.4 Å². The lowest BCUT2D eigenvalue weighted by Crippen LogP contribution is -2.23. The average molecular weight is 305 g/mol. The zero-order valence-electron chi connectivity index (χ0n) is 12.4. The van der Waals surface area contributed by atoms with Gasteiger partial charge in [-0.15, -0.1) is 0 Å². The summed E-state index contributed by atoms with van der Waals surface area (Å²) in [7, 11) is -0.426. The van der Waals surface area contributed by atoms with Crippen LogP contribution in [-0.4, -0.2) is 31.8 Å². The van der Waals surface area contributed by atoms with Crippen LogP contribution in [0.4, 0.5) is 5.69 Å². The molecule has 0 amide bonds. The summed E-state index contributed by atoms with van der Waals surface area (Å²) in [5, 5.41) is 3.15. The predicted molar refractivity (Wildman–Crippen MR) is 83.6 cm³/mol. The molecule has 0 spiro atoms. The molecule has 1 heterocycles. The Morgan fingerprint density at radius 1 is 1.10 bits per heavy atom. The third kappa shape index (κ3) is 3.59. The molecule has 0 aliphatic carbocycles. The van der Waals surface area contributed by atoms with Crippen LogP contribution in [0, 0.1) is 6.92 Å². The number of nitrogens with zero attached hydrogens (tertiary/aromatic N) is 2. The van der Waals surface area contributed by atoms with Gasteiger partial charge in [-0.25, -0.2) is 12.7 Å². The molecular formula is C15H19N3O2S. The molecule has 112 valence electrons. The minimum absolute atomic E-state index is 0.266. The van der Waals surface area contributed by atoms with Gasteiger partial charge in [0, 0.05) is 19.8 Å². The molecule has 2 aromatic rings. The summed E-state index contributed by atoms with van der Waals surface area (Å²) >= 11 is 0. The summed E-state index contributed by atoms with van der Waals surface area (Å²) in [6, 6.07) is 12.6. The predicted octanol–water partition coefficient (Wildman–Crippen LogP) is 2.25. The second kappa shape index (κ2) is 6.24. The Labute approximate surface area is 125 Å². The van der Waals surface area contributed by atoms with Crippen molar-refractivity contribution in [1.82, 2.24) is 9.29 Å². The first-order valence-electron chi connectivity index (χ1n) is 6.59. The number of anilines is 1. The molecule has 1 aromatic heterocycles. The Hall–Kier alpha value is -1.92. The number of hydrogen-bond donors (Lipinski definition) is 1. The van der Waals surface area contributed by atoms with Gasteiger partial charge in [-0.3, -0.25) is 4.98 Å². The van der Waals surface area contributed by atoms with Gasteiger partial charge in [-0.05, 0) is 31.2 Å². The third-order valence-corrected chi connectivity index (χ3v) is 4.92. The van der Waals surface area contributed by atoms with E-state index in [1.807, 2.05) is 25.1 Å². The smallest absolute Gasteiger partial charge is 0.244 e. The lowest BCUT2D eigenvalue weighted by Gasteiger charge is -2.16. The van der Waals surface area contributed by atoms with E-state index in [0.29, 0.717) is 12.2 Å². The molecule has 0 saturated heterocycles. The van der Waals surface area contributed by atoms with E-state index in [1.165, 1.54) is 18.4 Å².